The second-order valence-electron chi connectivity index (χ2n) is 3.86. The zero-order valence-electron chi connectivity index (χ0n) is 10.7. The van der Waals surface area contributed by atoms with Crippen molar-refractivity contribution >= 4 is 5.82 Å². The Morgan fingerprint density at radius 2 is 2.11 bits per heavy atom. The molecular formula is C12H16FN5. The van der Waals surface area contributed by atoms with Gasteiger partial charge in [-0.15, -0.1) is 0 Å². The van der Waals surface area contributed by atoms with Crippen LogP contribution in [-0.2, 0) is 6.54 Å². The lowest BCUT2D eigenvalue weighted by molar-refractivity contribution is 0.604. The second kappa shape index (κ2) is 5.12. The first kappa shape index (κ1) is 12.5. The van der Waals surface area contributed by atoms with Crippen molar-refractivity contribution < 1.29 is 4.39 Å². The van der Waals surface area contributed by atoms with Crippen LogP contribution in [0.4, 0.5) is 10.2 Å². The van der Waals surface area contributed by atoms with Gasteiger partial charge < -0.3 is 5.32 Å². The van der Waals surface area contributed by atoms with E-state index < -0.39 is 5.82 Å². The Morgan fingerprint density at radius 1 is 1.33 bits per heavy atom. The molecule has 0 amide bonds. The number of aromatic nitrogens is 4. The fourth-order valence-corrected chi connectivity index (χ4v) is 1.73. The maximum Gasteiger partial charge on any atom is 0.186 e. The first-order chi connectivity index (χ1) is 8.67. The lowest BCUT2D eigenvalue weighted by atomic mass is 10.3. The molecule has 0 saturated carbocycles. The zero-order chi connectivity index (χ0) is 13.1. The normalized spacial score (nSPS) is 10.7. The topological polar surface area (TPSA) is 55.6 Å². The fourth-order valence-electron chi connectivity index (χ4n) is 1.73. The van der Waals surface area contributed by atoms with Crippen molar-refractivity contribution in [2.45, 2.75) is 27.3 Å². The minimum absolute atomic E-state index is 0.240. The average molecular weight is 249 g/mol. The molecule has 5 nitrogen and oxygen atoms in total. The number of anilines is 1. The number of nitrogens with one attached hydrogen (secondary N) is 1. The van der Waals surface area contributed by atoms with Gasteiger partial charge in [0.05, 0.1) is 5.69 Å². The van der Waals surface area contributed by atoms with E-state index in [0.29, 0.717) is 18.1 Å². The van der Waals surface area contributed by atoms with Gasteiger partial charge in [0.2, 0.25) is 0 Å². The summed E-state index contributed by atoms with van der Waals surface area (Å²) in [6.07, 6.45) is 1.69. The molecule has 96 valence electrons. The lowest BCUT2D eigenvalue weighted by Gasteiger charge is -2.09. The number of nitrogens with zero attached hydrogens (tertiary/aromatic N) is 4. The van der Waals surface area contributed by atoms with Crippen LogP contribution in [0.2, 0.25) is 0 Å². The lowest BCUT2D eigenvalue weighted by Crippen LogP contribution is -2.08. The Bertz CT molecular complexity index is 549. The summed E-state index contributed by atoms with van der Waals surface area (Å²) in [7, 11) is 0. The van der Waals surface area contributed by atoms with Crippen LogP contribution in [0, 0.1) is 12.7 Å². The fraction of sp³-hybridized carbons (Fsp3) is 0.417. The molecule has 2 heterocycles. The summed E-state index contributed by atoms with van der Waals surface area (Å²) in [5.74, 6) is 0.330. The quantitative estimate of drug-likeness (QED) is 0.902. The van der Waals surface area contributed by atoms with Crippen LogP contribution in [0.25, 0.3) is 11.5 Å². The third kappa shape index (κ3) is 2.18. The van der Waals surface area contributed by atoms with Gasteiger partial charge in [0.25, 0.3) is 0 Å². The summed E-state index contributed by atoms with van der Waals surface area (Å²) < 4.78 is 15.6. The maximum atomic E-state index is 13.8. The van der Waals surface area contributed by atoms with E-state index in [4.69, 9.17) is 0 Å². The summed E-state index contributed by atoms with van der Waals surface area (Å²) in [6, 6.07) is 1.83. The number of rotatable bonds is 4. The van der Waals surface area contributed by atoms with Gasteiger partial charge in [0.15, 0.2) is 17.5 Å². The van der Waals surface area contributed by atoms with Gasteiger partial charge >= 0.3 is 0 Å². The van der Waals surface area contributed by atoms with E-state index in [0.717, 1.165) is 12.2 Å². The first-order valence-electron chi connectivity index (χ1n) is 5.97. The maximum absolute atomic E-state index is 13.8. The van der Waals surface area contributed by atoms with Gasteiger partial charge in [-0.3, -0.25) is 4.68 Å². The van der Waals surface area contributed by atoms with Gasteiger partial charge in [-0.2, -0.15) is 5.10 Å². The summed E-state index contributed by atoms with van der Waals surface area (Å²) in [4.78, 5) is 8.40. The van der Waals surface area contributed by atoms with E-state index in [1.165, 1.54) is 0 Å². The molecule has 1 N–H and O–H groups in total. The number of halogens is 1. The second-order valence-corrected chi connectivity index (χ2v) is 3.86. The molecule has 18 heavy (non-hydrogen) atoms. The van der Waals surface area contributed by atoms with Crippen LogP contribution in [0.15, 0.2) is 12.3 Å². The molecular weight excluding hydrogens is 233 g/mol. The van der Waals surface area contributed by atoms with E-state index in [2.05, 4.69) is 20.4 Å². The molecule has 0 unspecified atom stereocenters. The predicted molar refractivity (Wildman–Crippen MR) is 67.8 cm³/mol. The van der Waals surface area contributed by atoms with E-state index in [9.17, 15) is 4.39 Å². The third-order valence-electron chi connectivity index (χ3n) is 2.61. The highest BCUT2D eigenvalue weighted by molar-refractivity contribution is 5.53. The molecule has 2 aromatic rings. The van der Waals surface area contributed by atoms with Crippen molar-refractivity contribution in [3.63, 3.8) is 0 Å². The van der Waals surface area contributed by atoms with Crippen LogP contribution in [-0.4, -0.2) is 26.3 Å². The van der Waals surface area contributed by atoms with Gasteiger partial charge in [-0.05, 0) is 26.8 Å². The summed E-state index contributed by atoms with van der Waals surface area (Å²) in [6.45, 7) is 6.84. The number of hydrogen-bond acceptors (Lipinski definition) is 4. The highest BCUT2D eigenvalue weighted by Crippen LogP contribution is 2.20. The molecule has 0 spiro atoms. The Labute approximate surface area is 105 Å². The molecule has 0 aliphatic carbocycles. The molecule has 0 aromatic carbocycles. The van der Waals surface area contributed by atoms with E-state index >= 15 is 0 Å². The van der Waals surface area contributed by atoms with Crippen LogP contribution < -0.4 is 5.32 Å². The molecule has 2 rings (SSSR count). The van der Waals surface area contributed by atoms with Crippen molar-refractivity contribution in [1.82, 2.24) is 19.7 Å². The summed E-state index contributed by atoms with van der Waals surface area (Å²) >= 11 is 0. The summed E-state index contributed by atoms with van der Waals surface area (Å²) in [5.41, 5.74) is 1.12. The van der Waals surface area contributed by atoms with Crippen LogP contribution in [0.3, 0.4) is 0 Å². The summed E-state index contributed by atoms with van der Waals surface area (Å²) in [5, 5.41) is 7.06. The van der Waals surface area contributed by atoms with Crippen LogP contribution >= 0.6 is 0 Å². The van der Waals surface area contributed by atoms with Crippen molar-refractivity contribution in [3.05, 3.63) is 23.8 Å². The van der Waals surface area contributed by atoms with Crippen LogP contribution in [0.1, 0.15) is 19.5 Å². The Kier molecular flexibility index (Phi) is 3.55. The van der Waals surface area contributed by atoms with E-state index in [1.54, 1.807) is 17.8 Å². The van der Waals surface area contributed by atoms with Crippen LogP contribution in [0.5, 0.6) is 0 Å². The molecule has 0 fully saturated rings. The zero-order valence-corrected chi connectivity index (χ0v) is 10.7. The van der Waals surface area contributed by atoms with E-state index in [-0.39, 0.29) is 5.82 Å². The standard InChI is InChI=1S/C12H16FN5/c1-4-14-12-10(13)8(3)16-11(17-12)9-6-7-15-18(9)5-2/h6-7H,4-5H2,1-3H3,(H,14,16,17). The SMILES string of the molecule is CCNc1nc(-c2ccnn2CC)nc(C)c1F. The molecule has 0 saturated heterocycles. The van der Waals surface area contributed by atoms with Crippen molar-refractivity contribution in [2.24, 2.45) is 0 Å². The molecule has 0 aliphatic rings. The van der Waals surface area contributed by atoms with Gasteiger partial charge in [0.1, 0.15) is 5.69 Å². The molecule has 2 aromatic heterocycles. The monoisotopic (exact) mass is 249 g/mol. The largest absolute Gasteiger partial charge is 0.368 e. The third-order valence-corrected chi connectivity index (χ3v) is 2.61. The molecule has 0 aliphatic heterocycles. The highest BCUT2D eigenvalue weighted by atomic mass is 19.1. The minimum Gasteiger partial charge on any atom is -0.368 e. The smallest absolute Gasteiger partial charge is 0.186 e. The Balaban J connectivity index is 2.52. The molecule has 0 radical (unpaired) electrons. The van der Waals surface area contributed by atoms with Gasteiger partial charge in [-0.1, -0.05) is 0 Å². The minimum atomic E-state index is -0.400. The van der Waals surface area contributed by atoms with Crippen molar-refractivity contribution in [2.75, 3.05) is 11.9 Å². The van der Waals surface area contributed by atoms with Gasteiger partial charge in [-0.25, -0.2) is 14.4 Å². The Morgan fingerprint density at radius 3 is 2.78 bits per heavy atom. The molecule has 0 bridgehead atoms. The average Bonchev–Trinajstić information content (AvgIpc) is 2.83. The predicted octanol–water partition coefficient (Wildman–Crippen LogP) is 2.24. The Hall–Kier alpha value is -1.98. The molecule has 0 atom stereocenters. The number of aryl methyl sites for hydroxylation is 2. The van der Waals surface area contributed by atoms with Crippen molar-refractivity contribution in [1.29, 1.82) is 0 Å². The highest BCUT2D eigenvalue weighted by Gasteiger charge is 2.14. The molecule has 6 heteroatoms. The van der Waals surface area contributed by atoms with Crippen molar-refractivity contribution in [3.8, 4) is 11.5 Å². The number of hydrogen-bond donors (Lipinski definition) is 1. The first-order valence-corrected chi connectivity index (χ1v) is 5.97. The van der Waals surface area contributed by atoms with Gasteiger partial charge in [0, 0.05) is 19.3 Å². The van der Waals surface area contributed by atoms with E-state index in [1.807, 2.05) is 19.9 Å².